The summed E-state index contributed by atoms with van der Waals surface area (Å²) in [5, 5.41) is 8.54. The molecule has 4 heterocycles. The van der Waals surface area contributed by atoms with Crippen LogP contribution in [0.1, 0.15) is 42.5 Å². The molecule has 1 unspecified atom stereocenters. The molecular formula is C21H26N6O3. The second-order valence-electron chi connectivity index (χ2n) is 7.55. The van der Waals surface area contributed by atoms with Crippen LogP contribution in [-0.2, 0) is 16.7 Å². The van der Waals surface area contributed by atoms with E-state index in [1.165, 1.54) is 0 Å². The van der Waals surface area contributed by atoms with E-state index in [1.807, 2.05) is 24.0 Å². The van der Waals surface area contributed by atoms with Crippen molar-refractivity contribution in [1.29, 1.82) is 0 Å². The zero-order valence-electron chi connectivity index (χ0n) is 17.3. The number of rotatable bonds is 7. The van der Waals surface area contributed by atoms with Crippen LogP contribution in [0.3, 0.4) is 0 Å². The lowest BCUT2D eigenvalue weighted by Crippen LogP contribution is -2.50. The van der Waals surface area contributed by atoms with Gasteiger partial charge in [0.2, 0.25) is 0 Å². The fourth-order valence-electron chi connectivity index (χ4n) is 4.07. The highest BCUT2D eigenvalue weighted by Gasteiger charge is 2.42. The van der Waals surface area contributed by atoms with Crippen LogP contribution in [0, 0.1) is 0 Å². The van der Waals surface area contributed by atoms with E-state index in [1.54, 1.807) is 36.4 Å². The first-order valence-corrected chi connectivity index (χ1v) is 10.2. The summed E-state index contributed by atoms with van der Waals surface area (Å²) in [6, 6.07) is 5.48. The maximum Gasteiger partial charge on any atom is 0.272 e. The van der Waals surface area contributed by atoms with Gasteiger partial charge in [-0.2, -0.15) is 10.1 Å². The van der Waals surface area contributed by atoms with Crippen LogP contribution in [-0.4, -0.2) is 62.5 Å². The van der Waals surface area contributed by atoms with E-state index in [0.29, 0.717) is 50.1 Å². The maximum atomic E-state index is 13.2. The molecule has 1 aliphatic heterocycles. The summed E-state index contributed by atoms with van der Waals surface area (Å²) < 4.78 is 12.7. The number of methoxy groups -OCH3 is 1. The average Bonchev–Trinajstić information content (AvgIpc) is 3.48. The zero-order valence-corrected chi connectivity index (χ0v) is 17.3. The van der Waals surface area contributed by atoms with E-state index in [2.05, 4.69) is 15.2 Å². The van der Waals surface area contributed by atoms with Crippen LogP contribution in [0.2, 0.25) is 0 Å². The van der Waals surface area contributed by atoms with Gasteiger partial charge in [-0.15, -0.1) is 0 Å². The first-order chi connectivity index (χ1) is 14.7. The lowest BCUT2D eigenvalue weighted by Gasteiger charge is -2.40. The second-order valence-corrected chi connectivity index (χ2v) is 7.55. The average molecular weight is 410 g/mol. The lowest BCUT2D eigenvalue weighted by molar-refractivity contribution is 0.0555. The smallest absolute Gasteiger partial charge is 0.272 e. The number of piperidine rings is 1. The molecule has 1 atom stereocenters. The highest BCUT2D eigenvalue weighted by Crippen LogP contribution is 2.37. The Labute approximate surface area is 175 Å². The van der Waals surface area contributed by atoms with Crippen LogP contribution in [0.25, 0.3) is 11.5 Å². The number of nitrogens with zero attached hydrogens (tertiary/aromatic N) is 6. The minimum atomic E-state index is -0.426. The molecule has 1 saturated heterocycles. The molecule has 1 amide bonds. The van der Waals surface area contributed by atoms with Crippen molar-refractivity contribution in [2.45, 2.75) is 38.1 Å². The zero-order chi connectivity index (χ0) is 21.0. The van der Waals surface area contributed by atoms with Crippen molar-refractivity contribution in [2.24, 2.45) is 0 Å². The minimum Gasteiger partial charge on any atom is -0.385 e. The number of amides is 1. The highest BCUT2D eigenvalue weighted by molar-refractivity contribution is 5.92. The fourth-order valence-corrected chi connectivity index (χ4v) is 4.07. The predicted molar refractivity (Wildman–Crippen MR) is 109 cm³/mol. The third-order valence-electron chi connectivity index (χ3n) is 5.69. The van der Waals surface area contributed by atoms with E-state index < -0.39 is 5.41 Å². The number of carbonyl (C=O) groups is 1. The molecule has 3 aromatic heterocycles. The van der Waals surface area contributed by atoms with Crippen molar-refractivity contribution in [2.75, 3.05) is 26.8 Å². The van der Waals surface area contributed by atoms with Crippen molar-refractivity contribution in [3.05, 3.63) is 48.3 Å². The summed E-state index contributed by atoms with van der Waals surface area (Å²) in [4.78, 5) is 23.9. The number of hydrogen-bond acceptors (Lipinski definition) is 7. The topological polar surface area (TPSA) is 99.2 Å². The molecular weight excluding hydrogens is 384 g/mol. The van der Waals surface area contributed by atoms with Gasteiger partial charge in [0.05, 0.1) is 11.0 Å². The number of aryl methyl sites for hydroxylation is 1. The molecule has 1 aliphatic rings. The van der Waals surface area contributed by atoms with Gasteiger partial charge < -0.3 is 14.2 Å². The monoisotopic (exact) mass is 410 g/mol. The van der Waals surface area contributed by atoms with Gasteiger partial charge in [-0.25, -0.2) is 0 Å². The van der Waals surface area contributed by atoms with Crippen molar-refractivity contribution >= 4 is 5.91 Å². The van der Waals surface area contributed by atoms with Gasteiger partial charge in [0, 0.05) is 51.9 Å². The normalized spacial score (nSPS) is 19.2. The predicted octanol–water partition coefficient (Wildman–Crippen LogP) is 2.56. The number of pyridine rings is 1. The van der Waals surface area contributed by atoms with Crippen LogP contribution in [0.4, 0.5) is 0 Å². The molecule has 9 heteroatoms. The van der Waals surface area contributed by atoms with E-state index in [4.69, 9.17) is 14.2 Å². The molecule has 0 radical (unpaired) electrons. The molecule has 0 aliphatic carbocycles. The molecule has 158 valence electrons. The third kappa shape index (κ3) is 3.85. The standard InChI is InChI=1S/C21H26N6O3/c1-3-27-17(7-11-23-27)19(28)26-12-5-8-21(15-26,9-13-29-2)20-24-18(30-25-20)16-6-4-10-22-14-16/h4,6-7,10-11,14H,3,5,8-9,12-13,15H2,1-2H3. The number of ether oxygens (including phenoxy) is 1. The van der Waals surface area contributed by atoms with Gasteiger partial charge in [-0.1, -0.05) is 5.16 Å². The Kier molecular flexibility index (Phi) is 5.89. The lowest BCUT2D eigenvalue weighted by atomic mass is 9.76. The van der Waals surface area contributed by atoms with Crippen molar-refractivity contribution < 1.29 is 14.1 Å². The summed E-state index contributed by atoms with van der Waals surface area (Å²) in [5.74, 6) is 1.02. The highest BCUT2D eigenvalue weighted by atomic mass is 16.5. The van der Waals surface area contributed by atoms with Crippen LogP contribution in [0.15, 0.2) is 41.3 Å². The maximum absolute atomic E-state index is 13.2. The van der Waals surface area contributed by atoms with Crippen molar-refractivity contribution in [3.8, 4) is 11.5 Å². The summed E-state index contributed by atoms with van der Waals surface area (Å²) in [6.07, 6.45) is 7.48. The molecule has 3 aromatic rings. The summed E-state index contributed by atoms with van der Waals surface area (Å²) in [6.45, 7) is 4.37. The van der Waals surface area contributed by atoms with Crippen LogP contribution >= 0.6 is 0 Å². The third-order valence-corrected chi connectivity index (χ3v) is 5.69. The number of hydrogen-bond donors (Lipinski definition) is 0. The molecule has 0 saturated carbocycles. The Balaban J connectivity index is 1.63. The minimum absolute atomic E-state index is 0.0215. The van der Waals surface area contributed by atoms with E-state index >= 15 is 0 Å². The number of likely N-dealkylation sites (tertiary alicyclic amines) is 1. The van der Waals surface area contributed by atoms with Gasteiger partial charge in [-0.05, 0) is 44.4 Å². The molecule has 30 heavy (non-hydrogen) atoms. The van der Waals surface area contributed by atoms with Crippen LogP contribution in [0.5, 0.6) is 0 Å². The fraction of sp³-hybridized carbons (Fsp3) is 0.476. The summed E-state index contributed by atoms with van der Waals surface area (Å²) >= 11 is 0. The first kappa shape index (κ1) is 20.2. The Hall–Kier alpha value is -3.07. The van der Waals surface area contributed by atoms with Crippen molar-refractivity contribution in [1.82, 2.24) is 29.8 Å². The Morgan fingerprint density at radius 1 is 1.33 bits per heavy atom. The molecule has 0 bridgehead atoms. The van der Waals surface area contributed by atoms with E-state index in [0.717, 1.165) is 18.4 Å². The van der Waals surface area contributed by atoms with Gasteiger partial charge in [0.15, 0.2) is 5.82 Å². The molecule has 4 rings (SSSR count). The number of carbonyl (C=O) groups excluding carboxylic acids is 1. The molecule has 0 aromatic carbocycles. The summed E-state index contributed by atoms with van der Waals surface area (Å²) in [5.41, 5.74) is 0.947. The molecule has 9 nitrogen and oxygen atoms in total. The Morgan fingerprint density at radius 2 is 2.23 bits per heavy atom. The van der Waals surface area contributed by atoms with Gasteiger partial charge in [0.25, 0.3) is 11.8 Å². The quantitative estimate of drug-likeness (QED) is 0.590. The second kappa shape index (κ2) is 8.74. The van der Waals surface area contributed by atoms with Gasteiger partial charge in [-0.3, -0.25) is 14.5 Å². The molecule has 1 fully saturated rings. The van der Waals surface area contributed by atoms with Crippen molar-refractivity contribution in [3.63, 3.8) is 0 Å². The first-order valence-electron chi connectivity index (χ1n) is 10.2. The molecule has 0 spiro atoms. The van der Waals surface area contributed by atoms with E-state index in [-0.39, 0.29) is 5.91 Å². The van der Waals surface area contributed by atoms with Gasteiger partial charge >= 0.3 is 0 Å². The summed E-state index contributed by atoms with van der Waals surface area (Å²) in [7, 11) is 1.68. The Morgan fingerprint density at radius 3 is 3.00 bits per heavy atom. The Bertz CT molecular complexity index is 986. The number of aromatic nitrogens is 5. The van der Waals surface area contributed by atoms with Crippen LogP contribution < -0.4 is 0 Å². The van der Waals surface area contributed by atoms with E-state index in [9.17, 15) is 4.79 Å². The molecule has 0 N–H and O–H groups in total. The van der Waals surface area contributed by atoms with Gasteiger partial charge in [0.1, 0.15) is 5.69 Å². The largest absolute Gasteiger partial charge is 0.385 e. The SMILES string of the molecule is CCn1nccc1C(=O)N1CCCC(CCOC)(c2noc(-c3cccnc3)n2)C1.